The molecule has 0 aromatic carbocycles. The molecule has 66 valence electrons. The molecule has 0 aromatic rings. The predicted molar refractivity (Wildman–Crippen MR) is 48.5 cm³/mol. The van der Waals surface area contributed by atoms with E-state index < -0.39 is 0 Å². The number of allylic oxidation sites excluding steroid dienone is 1. The van der Waals surface area contributed by atoms with Crippen LogP contribution >= 0.6 is 0 Å². The van der Waals surface area contributed by atoms with E-state index in [2.05, 4.69) is 19.2 Å². The molecule has 0 saturated heterocycles. The highest BCUT2D eigenvalue weighted by molar-refractivity contribution is 4.73. The van der Waals surface area contributed by atoms with Crippen molar-refractivity contribution in [2.45, 2.75) is 20.8 Å². The SMILES string of the molecule is CC=CNCCOCC(C)C. The first-order chi connectivity index (χ1) is 5.27. The molecule has 0 amide bonds. The van der Waals surface area contributed by atoms with Gasteiger partial charge in [-0.05, 0) is 19.0 Å². The number of ether oxygens (including phenoxy) is 1. The molecule has 0 aliphatic rings. The summed E-state index contributed by atoms with van der Waals surface area (Å²) in [5.74, 6) is 0.636. The Balaban J connectivity index is 2.91. The lowest BCUT2D eigenvalue weighted by atomic mass is 10.2. The molecule has 2 heteroatoms. The Labute approximate surface area is 69.6 Å². The third-order valence-electron chi connectivity index (χ3n) is 1.13. The third kappa shape index (κ3) is 9.50. The van der Waals surface area contributed by atoms with E-state index in [-0.39, 0.29) is 0 Å². The molecule has 0 radical (unpaired) electrons. The fourth-order valence-electron chi connectivity index (χ4n) is 0.651. The summed E-state index contributed by atoms with van der Waals surface area (Å²) in [5, 5.41) is 3.10. The average Bonchev–Trinajstić information content (AvgIpc) is 1.96. The predicted octanol–water partition coefficient (Wildman–Crippen LogP) is 1.78. The van der Waals surface area contributed by atoms with Gasteiger partial charge in [0.25, 0.3) is 0 Å². The minimum atomic E-state index is 0.636. The van der Waals surface area contributed by atoms with Gasteiger partial charge in [0.2, 0.25) is 0 Å². The van der Waals surface area contributed by atoms with Crippen molar-refractivity contribution < 1.29 is 4.74 Å². The van der Waals surface area contributed by atoms with Crippen LogP contribution in [0.4, 0.5) is 0 Å². The molecule has 0 atom stereocenters. The third-order valence-corrected chi connectivity index (χ3v) is 1.13. The van der Waals surface area contributed by atoms with Gasteiger partial charge in [-0.3, -0.25) is 0 Å². The topological polar surface area (TPSA) is 21.3 Å². The van der Waals surface area contributed by atoms with Crippen LogP contribution in [0.2, 0.25) is 0 Å². The number of hydrogen-bond acceptors (Lipinski definition) is 2. The van der Waals surface area contributed by atoms with Crippen LogP contribution in [0.3, 0.4) is 0 Å². The Hall–Kier alpha value is -0.500. The number of rotatable bonds is 6. The second-order valence-electron chi connectivity index (χ2n) is 2.92. The molecule has 0 heterocycles. The lowest BCUT2D eigenvalue weighted by Gasteiger charge is -2.05. The Morgan fingerprint density at radius 1 is 1.45 bits per heavy atom. The second-order valence-corrected chi connectivity index (χ2v) is 2.92. The normalized spacial score (nSPS) is 11.3. The monoisotopic (exact) mass is 157 g/mol. The lowest BCUT2D eigenvalue weighted by molar-refractivity contribution is 0.113. The van der Waals surface area contributed by atoms with Crippen LogP contribution in [0.1, 0.15) is 20.8 Å². The first-order valence-corrected chi connectivity index (χ1v) is 4.19. The van der Waals surface area contributed by atoms with E-state index in [9.17, 15) is 0 Å². The zero-order valence-electron chi connectivity index (χ0n) is 7.76. The van der Waals surface area contributed by atoms with Crippen molar-refractivity contribution in [1.29, 1.82) is 0 Å². The summed E-state index contributed by atoms with van der Waals surface area (Å²) in [4.78, 5) is 0. The first-order valence-electron chi connectivity index (χ1n) is 4.19. The summed E-state index contributed by atoms with van der Waals surface area (Å²) < 4.78 is 5.35. The van der Waals surface area contributed by atoms with Gasteiger partial charge < -0.3 is 10.1 Å². The summed E-state index contributed by atoms with van der Waals surface area (Å²) in [6, 6.07) is 0. The maximum Gasteiger partial charge on any atom is 0.0638 e. The van der Waals surface area contributed by atoms with E-state index in [4.69, 9.17) is 4.74 Å². The lowest BCUT2D eigenvalue weighted by Crippen LogP contribution is -2.15. The zero-order valence-corrected chi connectivity index (χ0v) is 7.76. The molecule has 0 rings (SSSR count). The van der Waals surface area contributed by atoms with Crippen molar-refractivity contribution in [3.8, 4) is 0 Å². The van der Waals surface area contributed by atoms with E-state index >= 15 is 0 Å². The summed E-state index contributed by atoms with van der Waals surface area (Å²) in [6.45, 7) is 8.85. The minimum absolute atomic E-state index is 0.636. The molecule has 0 spiro atoms. The summed E-state index contributed by atoms with van der Waals surface area (Å²) >= 11 is 0. The summed E-state index contributed by atoms with van der Waals surface area (Å²) in [6.07, 6.45) is 3.90. The Kier molecular flexibility index (Phi) is 7.26. The molecule has 2 nitrogen and oxygen atoms in total. The Bertz CT molecular complexity index is 99.7. The van der Waals surface area contributed by atoms with Crippen LogP contribution in [0.15, 0.2) is 12.3 Å². The smallest absolute Gasteiger partial charge is 0.0638 e. The van der Waals surface area contributed by atoms with Gasteiger partial charge in [-0.1, -0.05) is 19.9 Å². The van der Waals surface area contributed by atoms with Gasteiger partial charge in [0, 0.05) is 13.2 Å². The van der Waals surface area contributed by atoms with Gasteiger partial charge in [0.05, 0.1) is 6.61 Å². The van der Waals surface area contributed by atoms with Crippen LogP contribution in [-0.2, 0) is 4.74 Å². The summed E-state index contributed by atoms with van der Waals surface area (Å²) in [5.41, 5.74) is 0. The van der Waals surface area contributed by atoms with E-state index in [0.717, 1.165) is 19.8 Å². The fraction of sp³-hybridized carbons (Fsp3) is 0.778. The van der Waals surface area contributed by atoms with Crippen molar-refractivity contribution in [1.82, 2.24) is 5.32 Å². The van der Waals surface area contributed by atoms with E-state index in [1.165, 1.54) is 0 Å². The molecule has 0 saturated carbocycles. The van der Waals surface area contributed by atoms with Gasteiger partial charge in [-0.15, -0.1) is 0 Å². The largest absolute Gasteiger partial charge is 0.389 e. The minimum Gasteiger partial charge on any atom is -0.389 e. The molecule has 1 N–H and O–H groups in total. The average molecular weight is 157 g/mol. The highest BCUT2D eigenvalue weighted by atomic mass is 16.5. The molecular formula is C9H19NO. The Morgan fingerprint density at radius 2 is 2.18 bits per heavy atom. The van der Waals surface area contributed by atoms with Crippen LogP contribution in [0, 0.1) is 5.92 Å². The standard InChI is InChI=1S/C9H19NO/c1-4-5-10-6-7-11-8-9(2)3/h4-5,9-10H,6-8H2,1-3H3. The zero-order chi connectivity index (χ0) is 8.53. The number of hydrogen-bond donors (Lipinski definition) is 1. The van der Waals surface area contributed by atoms with Crippen LogP contribution < -0.4 is 5.32 Å². The highest BCUT2D eigenvalue weighted by Gasteiger charge is 1.91. The fourth-order valence-corrected chi connectivity index (χ4v) is 0.651. The molecule has 0 fully saturated rings. The van der Waals surface area contributed by atoms with Crippen LogP contribution in [-0.4, -0.2) is 19.8 Å². The van der Waals surface area contributed by atoms with Crippen LogP contribution in [0.5, 0.6) is 0 Å². The molecule has 11 heavy (non-hydrogen) atoms. The van der Waals surface area contributed by atoms with Crippen molar-refractivity contribution in [3.63, 3.8) is 0 Å². The van der Waals surface area contributed by atoms with Crippen LogP contribution in [0.25, 0.3) is 0 Å². The van der Waals surface area contributed by atoms with Crippen molar-refractivity contribution >= 4 is 0 Å². The molecule has 0 bridgehead atoms. The summed E-state index contributed by atoms with van der Waals surface area (Å²) in [7, 11) is 0. The molecule has 0 unspecified atom stereocenters. The van der Waals surface area contributed by atoms with Gasteiger partial charge in [0.15, 0.2) is 0 Å². The van der Waals surface area contributed by atoms with E-state index in [1.807, 2.05) is 19.2 Å². The first kappa shape index (κ1) is 10.5. The van der Waals surface area contributed by atoms with Gasteiger partial charge in [-0.2, -0.15) is 0 Å². The number of nitrogens with one attached hydrogen (secondary N) is 1. The highest BCUT2D eigenvalue weighted by Crippen LogP contribution is 1.90. The van der Waals surface area contributed by atoms with Crippen molar-refractivity contribution in [3.05, 3.63) is 12.3 Å². The van der Waals surface area contributed by atoms with Gasteiger partial charge >= 0.3 is 0 Å². The maximum atomic E-state index is 5.35. The molecule has 0 aliphatic carbocycles. The molecule has 0 aliphatic heterocycles. The van der Waals surface area contributed by atoms with Gasteiger partial charge in [0.1, 0.15) is 0 Å². The van der Waals surface area contributed by atoms with Gasteiger partial charge in [-0.25, -0.2) is 0 Å². The van der Waals surface area contributed by atoms with Crippen molar-refractivity contribution in [2.75, 3.05) is 19.8 Å². The van der Waals surface area contributed by atoms with Crippen molar-refractivity contribution in [2.24, 2.45) is 5.92 Å². The Morgan fingerprint density at radius 3 is 2.73 bits per heavy atom. The maximum absolute atomic E-state index is 5.35. The molecular weight excluding hydrogens is 138 g/mol. The second kappa shape index (κ2) is 7.61. The molecule has 0 aromatic heterocycles. The quantitative estimate of drug-likeness (QED) is 0.593. The van der Waals surface area contributed by atoms with E-state index in [0.29, 0.717) is 5.92 Å². The van der Waals surface area contributed by atoms with E-state index in [1.54, 1.807) is 0 Å².